The largest absolute Gasteiger partial charge is 0.481 e. The van der Waals surface area contributed by atoms with Gasteiger partial charge in [0.2, 0.25) is 5.91 Å². The molecule has 5 heteroatoms. The summed E-state index contributed by atoms with van der Waals surface area (Å²) in [6, 6.07) is 0. The number of carboxylic acid groups (broad SMARTS) is 1. The molecule has 0 fully saturated rings. The van der Waals surface area contributed by atoms with Crippen molar-refractivity contribution in [3.05, 3.63) is 0 Å². The average Bonchev–Trinajstić information content (AvgIpc) is 2.09. The molecule has 0 radical (unpaired) electrons. The number of aliphatic carboxylic acids is 1. The van der Waals surface area contributed by atoms with Crippen LogP contribution in [0.15, 0.2) is 0 Å². The van der Waals surface area contributed by atoms with Crippen LogP contribution in [-0.4, -0.2) is 29.3 Å². The van der Waals surface area contributed by atoms with Crippen LogP contribution in [0.5, 0.6) is 0 Å². The first-order valence-corrected chi connectivity index (χ1v) is 4.75. The lowest BCUT2D eigenvalue weighted by atomic mass is 9.95. The molecule has 5 nitrogen and oxygen atoms in total. The lowest BCUT2D eigenvalue weighted by molar-refractivity contribution is -0.138. The van der Waals surface area contributed by atoms with E-state index >= 15 is 0 Å². The van der Waals surface area contributed by atoms with Gasteiger partial charge in [0.25, 0.3) is 0 Å². The molecule has 0 aliphatic heterocycles. The van der Waals surface area contributed by atoms with E-state index in [9.17, 15) is 14.4 Å². The maximum absolute atomic E-state index is 11.3. The standard InChI is InChI=1S/C10H17NO4/c1-10(2,3)9(15)11-6-7(12)4-5-8(13)14/h4-6H2,1-3H3,(H,11,15)(H,13,14). The summed E-state index contributed by atoms with van der Waals surface area (Å²) in [6.45, 7) is 5.13. The molecule has 0 aliphatic carbocycles. The Balaban J connectivity index is 3.82. The normalized spacial score (nSPS) is 10.9. The van der Waals surface area contributed by atoms with Crippen molar-refractivity contribution in [2.45, 2.75) is 33.6 Å². The Kier molecular flexibility index (Phi) is 4.97. The van der Waals surface area contributed by atoms with Crippen molar-refractivity contribution in [2.75, 3.05) is 6.54 Å². The van der Waals surface area contributed by atoms with Gasteiger partial charge in [0.1, 0.15) is 0 Å². The summed E-state index contributed by atoms with van der Waals surface area (Å²) in [5.41, 5.74) is -0.535. The zero-order chi connectivity index (χ0) is 12.1. The van der Waals surface area contributed by atoms with Crippen LogP contribution in [0.1, 0.15) is 33.6 Å². The van der Waals surface area contributed by atoms with Crippen LogP contribution < -0.4 is 5.32 Å². The van der Waals surface area contributed by atoms with Gasteiger partial charge in [0, 0.05) is 11.8 Å². The molecule has 0 aromatic carbocycles. The molecule has 0 bridgehead atoms. The maximum atomic E-state index is 11.3. The van der Waals surface area contributed by atoms with Crippen molar-refractivity contribution in [3.8, 4) is 0 Å². The summed E-state index contributed by atoms with van der Waals surface area (Å²) in [5.74, 6) is -1.49. The minimum Gasteiger partial charge on any atom is -0.481 e. The molecule has 15 heavy (non-hydrogen) atoms. The molecule has 0 aromatic rings. The van der Waals surface area contributed by atoms with E-state index in [0.717, 1.165) is 0 Å². The number of hydrogen-bond donors (Lipinski definition) is 2. The molecule has 0 saturated carbocycles. The predicted molar refractivity (Wildman–Crippen MR) is 54.3 cm³/mol. The second-order valence-corrected chi connectivity index (χ2v) is 4.37. The number of amides is 1. The third-order valence-electron chi connectivity index (χ3n) is 1.75. The molecule has 0 unspecified atom stereocenters. The Morgan fingerprint density at radius 2 is 1.67 bits per heavy atom. The summed E-state index contributed by atoms with van der Waals surface area (Å²) >= 11 is 0. The van der Waals surface area contributed by atoms with E-state index in [1.807, 2.05) is 0 Å². The second-order valence-electron chi connectivity index (χ2n) is 4.37. The Bertz CT molecular complexity index is 265. The first-order valence-electron chi connectivity index (χ1n) is 4.75. The van der Waals surface area contributed by atoms with Gasteiger partial charge >= 0.3 is 5.97 Å². The van der Waals surface area contributed by atoms with Crippen LogP contribution in [0.4, 0.5) is 0 Å². The highest BCUT2D eigenvalue weighted by Gasteiger charge is 2.21. The van der Waals surface area contributed by atoms with Crippen molar-refractivity contribution in [1.82, 2.24) is 5.32 Å². The number of ketones is 1. The van der Waals surface area contributed by atoms with Gasteiger partial charge in [0.15, 0.2) is 5.78 Å². The van der Waals surface area contributed by atoms with Crippen LogP contribution in [0, 0.1) is 5.41 Å². The molecule has 0 aromatic heterocycles. The SMILES string of the molecule is CC(C)(C)C(=O)NCC(=O)CCC(=O)O. The number of nitrogens with one attached hydrogen (secondary N) is 1. The van der Waals surface area contributed by atoms with Gasteiger partial charge in [-0.05, 0) is 0 Å². The molecule has 0 aliphatic rings. The lowest BCUT2D eigenvalue weighted by Gasteiger charge is -2.16. The van der Waals surface area contributed by atoms with Crippen molar-refractivity contribution in [1.29, 1.82) is 0 Å². The predicted octanol–water partition coefficient (Wildman–Crippen LogP) is 0.583. The van der Waals surface area contributed by atoms with Crippen LogP contribution >= 0.6 is 0 Å². The monoisotopic (exact) mass is 215 g/mol. The van der Waals surface area contributed by atoms with Gasteiger partial charge < -0.3 is 10.4 Å². The highest BCUT2D eigenvalue weighted by Crippen LogP contribution is 2.11. The molecule has 0 saturated heterocycles. The Hall–Kier alpha value is -1.39. The van der Waals surface area contributed by atoms with Crippen molar-refractivity contribution in [2.24, 2.45) is 5.41 Å². The van der Waals surface area contributed by atoms with Gasteiger partial charge in [-0.3, -0.25) is 14.4 Å². The van der Waals surface area contributed by atoms with Crippen LogP contribution in [0.2, 0.25) is 0 Å². The molecule has 0 spiro atoms. The lowest BCUT2D eigenvalue weighted by Crippen LogP contribution is -2.37. The molecule has 0 rings (SSSR count). The fraction of sp³-hybridized carbons (Fsp3) is 0.700. The minimum absolute atomic E-state index is 0.0419. The summed E-state index contributed by atoms with van der Waals surface area (Å²) in [6.07, 6.45) is -0.232. The summed E-state index contributed by atoms with van der Waals surface area (Å²) in [7, 11) is 0. The number of carboxylic acids is 1. The maximum Gasteiger partial charge on any atom is 0.303 e. The van der Waals surface area contributed by atoms with E-state index in [0.29, 0.717) is 0 Å². The number of rotatable bonds is 5. The molecular weight excluding hydrogens is 198 g/mol. The smallest absolute Gasteiger partial charge is 0.303 e. The van der Waals surface area contributed by atoms with Gasteiger partial charge in [-0.15, -0.1) is 0 Å². The Labute approximate surface area is 88.9 Å². The van der Waals surface area contributed by atoms with Crippen LogP contribution in [-0.2, 0) is 14.4 Å². The van der Waals surface area contributed by atoms with Crippen LogP contribution in [0.25, 0.3) is 0 Å². The van der Waals surface area contributed by atoms with Crippen molar-refractivity contribution >= 4 is 17.7 Å². The van der Waals surface area contributed by atoms with Gasteiger partial charge in [-0.25, -0.2) is 0 Å². The quantitative estimate of drug-likeness (QED) is 0.702. The fourth-order valence-electron chi connectivity index (χ4n) is 0.779. The van der Waals surface area contributed by atoms with Crippen LogP contribution in [0.3, 0.4) is 0 Å². The second kappa shape index (κ2) is 5.48. The highest BCUT2D eigenvalue weighted by atomic mass is 16.4. The summed E-state index contributed by atoms with van der Waals surface area (Å²) < 4.78 is 0. The van der Waals surface area contributed by atoms with E-state index in [-0.39, 0.29) is 31.1 Å². The first-order chi connectivity index (χ1) is 6.73. The Morgan fingerprint density at radius 1 is 1.13 bits per heavy atom. The van der Waals surface area contributed by atoms with Crippen molar-refractivity contribution in [3.63, 3.8) is 0 Å². The van der Waals surface area contributed by atoms with E-state index in [1.54, 1.807) is 20.8 Å². The summed E-state index contributed by atoms with van der Waals surface area (Å²) in [4.78, 5) is 32.6. The molecule has 0 heterocycles. The molecule has 0 atom stereocenters. The number of Topliss-reactive ketones (excluding diaryl/α,β-unsaturated/α-hetero) is 1. The Morgan fingerprint density at radius 3 is 2.07 bits per heavy atom. The fourth-order valence-corrected chi connectivity index (χ4v) is 0.779. The molecule has 1 amide bonds. The van der Waals surface area contributed by atoms with Gasteiger partial charge in [0.05, 0.1) is 13.0 Å². The third kappa shape index (κ3) is 6.65. The number of hydrogen-bond acceptors (Lipinski definition) is 3. The number of carbonyl (C=O) groups excluding carboxylic acids is 2. The highest BCUT2D eigenvalue weighted by molar-refractivity contribution is 5.89. The molecule has 2 N–H and O–H groups in total. The minimum atomic E-state index is -1.01. The summed E-state index contributed by atoms with van der Waals surface area (Å²) in [5, 5.41) is 10.8. The third-order valence-corrected chi connectivity index (χ3v) is 1.75. The van der Waals surface area contributed by atoms with E-state index in [1.165, 1.54) is 0 Å². The van der Waals surface area contributed by atoms with Gasteiger partial charge in [-0.1, -0.05) is 20.8 Å². The molecule has 86 valence electrons. The van der Waals surface area contributed by atoms with E-state index < -0.39 is 11.4 Å². The topological polar surface area (TPSA) is 83.5 Å². The van der Waals surface area contributed by atoms with Crippen molar-refractivity contribution < 1.29 is 19.5 Å². The van der Waals surface area contributed by atoms with E-state index in [4.69, 9.17) is 5.11 Å². The van der Waals surface area contributed by atoms with Gasteiger partial charge in [-0.2, -0.15) is 0 Å². The first kappa shape index (κ1) is 13.6. The van der Waals surface area contributed by atoms with E-state index in [2.05, 4.69) is 5.32 Å². The zero-order valence-corrected chi connectivity index (χ0v) is 9.29. The zero-order valence-electron chi connectivity index (χ0n) is 9.29. The average molecular weight is 215 g/mol. The molecular formula is C10H17NO4. The number of carbonyl (C=O) groups is 3.